The maximum absolute atomic E-state index is 6.24. The van der Waals surface area contributed by atoms with Crippen molar-refractivity contribution in [3.8, 4) is 0 Å². The minimum Gasteiger partial charge on any atom is -0.383 e. The maximum Gasteiger partial charge on any atom is 0.0587 e. The van der Waals surface area contributed by atoms with Crippen LogP contribution in [0.3, 0.4) is 0 Å². The van der Waals surface area contributed by atoms with Gasteiger partial charge in [0.25, 0.3) is 0 Å². The molecule has 0 bridgehead atoms. The fourth-order valence-corrected chi connectivity index (χ4v) is 3.11. The average Bonchev–Trinajstić information content (AvgIpc) is 2.49. The van der Waals surface area contributed by atoms with Crippen molar-refractivity contribution in [2.45, 2.75) is 19.4 Å². The fourth-order valence-electron chi connectivity index (χ4n) is 2.73. The predicted molar refractivity (Wildman–Crippen MR) is 89.2 cm³/mol. The summed E-state index contributed by atoms with van der Waals surface area (Å²) < 4.78 is 5.04. The van der Waals surface area contributed by atoms with Gasteiger partial charge in [0.15, 0.2) is 0 Å². The van der Waals surface area contributed by atoms with E-state index in [4.69, 9.17) is 27.9 Å². The van der Waals surface area contributed by atoms with E-state index < -0.39 is 0 Å². The van der Waals surface area contributed by atoms with Gasteiger partial charge in [-0.3, -0.25) is 4.90 Å². The van der Waals surface area contributed by atoms with Gasteiger partial charge in [-0.2, -0.15) is 0 Å². The maximum atomic E-state index is 6.24. The molecule has 1 N–H and O–H groups in total. The van der Waals surface area contributed by atoms with Gasteiger partial charge in [0, 0.05) is 30.2 Å². The van der Waals surface area contributed by atoms with Crippen molar-refractivity contribution in [3.63, 3.8) is 0 Å². The Bertz CT molecular complexity index is 434. The number of halogens is 2. The van der Waals surface area contributed by atoms with E-state index in [9.17, 15) is 0 Å². The second-order valence-corrected chi connectivity index (χ2v) is 6.50. The third-order valence-electron chi connectivity index (χ3n) is 4.02. The van der Waals surface area contributed by atoms with E-state index >= 15 is 0 Å². The SMILES string of the molecule is COCCNCC1CCN(Cc2cc(Cl)ccc2Cl)CC1. The molecule has 0 saturated carbocycles. The highest BCUT2D eigenvalue weighted by molar-refractivity contribution is 6.33. The first-order valence-electron chi connectivity index (χ1n) is 7.55. The number of piperidine rings is 1. The van der Waals surface area contributed by atoms with Crippen molar-refractivity contribution in [2.75, 3.05) is 39.9 Å². The van der Waals surface area contributed by atoms with Crippen LogP contribution in [0.5, 0.6) is 0 Å². The Hall–Kier alpha value is -0.320. The molecule has 3 nitrogen and oxygen atoms in total. The van der Waals surface area contributed by atoms with Crippen LogP contribution in [0.2, 0.25) is 10.0 Å². The lowest BCUT2D eigenvalue weighted by Crippen LogP contribution is -2.37. The van der Waals surface area contributed by atoms with Crippen molar-refractivity contribution in [1.82, 2.24) is 10.2 Å². The van der Waals surface area contributed by atoms with E-state index in [1.807, 2.05) is 18.2 Å². The Morgan fingerprint density at radius 3 is 2.76 bits per heavy atom. The van der Waals surface area contributed by atoms with E-state index in [0.29, 0.717) is 0 Å². The van der Waals surface area contributed by atoms with E-state index in [0.717, 1.165) is 60.9 Å². The standard InChI is InChI=1S/C16H24Cl2N2O/c1-21-9-6-19-11-13-4-7-20(8-5-13)12-14-10-15(17)2-3-16(14)18/h2-3,10,13,19H,4-9,11-12H2,1H3. The number of methoxy groups -OCH3 is 1. The quantitative estimate of drug-likeness (QED) is 0.775. The normalized spacial score (nSPS) is 17.3. The minimum absolute atomic E-state index is 0.756. The largest absolute Gasteiger partial charge is 0.383 e. The first-order chi connectivity index (χ1) is 10.2. The molecule has 118 valence electrons. The van der Waals surface area contributed by atoms with Gasteiger partial charge in [-0.25, -0.2) is 0 Å². The summed E-state index contributed by atoms with van der Waals surface area (Å²) in [5.74, 6) is 0.771. The summed E-state index contributed by atoms with van der Waals surface area (Å²) in [5, 5.41) is 5.02. The molecule has 0 aliphatic carbocycles. The van der Waals surface area contributed by atoms with Gasteiger partial charge in [-0.05, 0) is 62.2 Å². The van der Waals surface area contributed by atoms with E-state index in [-0.39, 0.29) is 0 Å². The molecule has 1 heterocycles. The molecule has 21 heavy (non-hydrogen) atoms. The highest BCUT2D eigenvalue weighted by Gasteiger charge is 2.19. The van der Waals surface area contributed by atoms with Crippen LogP contribution in [-0.2, 0) is 11.3 Å². The van der Waals surface area contributed by atoms with Crippen LogP contribution in [0.15, 0.2) is 18.2 Å². The highest BCUT2D eigenvalue weighted by atomic mass is 35.5. The van der Waals surface area contributed by atoms with Crippen LogP contribution in [-0.4, -0.2) is 44.8 Å². The number of benzene rings is 1. The Kier molecular flexibility index (Phi) is 7.27. The monoisotopic (exact) mass is 330 g/mol. The van der Waals surface area contributed by atoms with Crippen LogP contribution >= 0.6 is 23.2 Å². The highest BCUT2D eigenvalue weighted by Crippen LogP contribution is 2.24. The Labute approximate surface area is 137 Å². The van der Waals surface area contributed by atoms with Gasteiger partial charge in [0.05, 0.1) is 6.61 Å². The van der Waals surface area contributed by atoms with Crippen molar-refractivity contribution in [2.24, 2.45) is 5.92 Å². The fraction of sp³-hybridized carbons (Fsp3) is 0.625. The molecule has 0 spiro atoms. The van der Waals surface area contributed by atoms with Crippen molar-refractivity contribution in [1.29, 1.82) is 0 Å². The van der Waals surface area contributed by atoms with Crippen LogP contribution in [0, 0.1) is 5.92 Å². The zero-order valence-corrected chi connectivity index (χ0v) is 14.1. The van der Waals surface area contributed by atoms with E-state index in [1.54, 1.807) is 7.11 Å². The summed E-state index contributed by atoms with van der Waals surface area (Å²) in [5.41, 5.74) is 1.13. The number of likely N-dealkylation sites (tertiary alicyclic amines) is 1. The number of hydrogen-bond acceptors (Lipinski definition) is 3. The first kappa shape index (κ1) is 17.0. The van der Waals surface area contributed by atoms with Gasteiger partial charge < -0.3 is 10.1 Å². The second-order valence-electron chi connectivity index (χ2n) is 5.65. The molecule has 1 aromatic carbocycles. The zero-order chi connectivity index (χ0) is 15.1. The molecular weight excluding hydrogens is 307 g/mol. The topological polar surface area (TPSA) is 24.5 Å². The molecule has 0 radical (unpaired) electrons. The Balaban J connectivity index is 1.72. The average molecular weight is 331 g/mol. The van der Waals surface area contributed by atoms with E-state index in [2.05, 4.69) is 10.2 Å². The lowest BCUT2D eigenvalue weighted by atomic mass is 9.96. The van der Waals surface area contributed by atoms with Gasteiger partial charge in [-0.1, -0.05) is 23.2 Å². The lowest BCUT2D eigenvalue weighted by molar-refractivity contribution is 0.168. The third-order valence-corrected chi connectivity index (χ3v) is 4.63. The Morgan fingerprint density at radius 2 is 2.05 bits per heavy atom. The van der Waals surface area contributed by atoms with Gasteiger partial charge in [-0.15, -0.1) is 0 Å². The number of rotatable bonds is 7. The number of nitrogens with one attached hydrogen (secondary N) is 1. The van der Waals surface area contributed by atoms with Gasteiger partial charge >= 0.3 is 0 Å². The van der Waals surface area contributed by atoms with Crippen molar-refractivity contribution < 1.29 is 4.74 Å². The summed E-state index contributed by atoms with van der Waals surface area (Å²) in [7, 11) is 1.74. The lowest BCUT2D eigenvalue weighted by Gasteiger charge is -2.32. The predicted octanol–water partition coefficient (Wildman–Crippen LogP) is 3.44. The summed E-state index contributed by atoms with van der Waals surface area (Å²) in [6.45, 7) is 5.96. The van der Waals surface area contributed by atoms with Crippen LogP contribution < -0.4 is 5.32 Å². The molecule has 1 aliphatic heterocycles. The van der Waals surface area contributed by atoms with Crippen LogP contribution in [0.4, 0.5) is 0 Å². The minimum atomic E-state index is 0.756. The summed E-state index contributed by atoms with van der Waals surface area (Å²) >= 11 is 12.3. The zero-order valence-electron chi connectivity index (χ0n) is 12.6. The molecular formula is C16H24Cl2N2O. The van der Waals surface area contributed by atoms with Crippen LogP contribution in [0.1, 0.15) is 18.4 Å². The molecule has 1 fully saturated rings. The summed E-state index contributed by atoms with van der Waals surface area (Å²) in [6, 6.07) is 5.69. The summed E-state index contributed by atoms with van der Waals surface area (Å²) in [4.78, 5) is 2.46. The molecule has 1 aromatic rings. The summed E-state index contributed by atoms with van der Waals surface area (Å²) in [6.07, 6.45) is 2.47. The third kappa shape index (κ3) is 5.76. The molecule has 0 aromatic heterocycles. The molecule has 0 atom stereocenters. The number of nitrogens with zero attached hydrogens (tertiary/aromatic N) is 1. The van der Waals surface area contributed by atoms with Gasteiger partial charge in [0.2, 0.25) is 0 Å². The molecule has 0 amide bonds. The number of hydrogen-bond donors (Lipinski definition) is 1. The molecule has 0 unspecified atom stereocenters. The first-order valence-corrected chi connectivity index (χ1v) is 8.30. The van der Waals surface area contributed by atoms with Crippen LogP contribution in [0.25, 0.3) is 0 Å². The Morgan fingerprint density at radius 1 is 1.29 bits per heavy atom. The second kappa shape index (κ2) is 8.96. The van der Waals surface area contributed by atoms with E-state index in [1.165, 1.54) is 12.8 Å². The smallest absolute Gasteiger partial charge is 0.0587 e. The number of ether oxygens (including phenoxy) is 1. The molecule has 2 rings (SSSR count). The molecule has 1 saturated heterocycles. The molecule has 1 aliphatic rings. The molecule has 5 heteroatoms. The van der Waals surface area contributed by atoms with Gasteiger partial charge in [0.1, 0.15) is 0 Å². The van der Waals surface area contributed by atoms with Crippen molar-refractivity contribution in [3.05, 3.63) is 33.8 Å². The van der Waals surface area contributed by atoms with Crippen molar-refractivity contribution >= 4 is 23.2 Å².